The summed E-state index contributed by atoms with van der Waals surface area (Å²) in [5.41, 5.74) is 11.5. The number of hydrogen-bond donors (Lipinski definition) is 1. The van der Waals surface area contributed by atoms with Crippen LogP contribution in [0.25, 0.3) is 11.1 Å². The molecule has 0 fully saturated rings. The van der Waals surface area contributed by atoms with Gasteiger partial charge in [0.15, 0.2) is 0 Å². The van der Waals surface area contributed by atoms with Crippen molar-refractivity contribution in [1.82, 2.24) is 0 Å². The molecule has 2 aromatic rings. The Morgan fingerprint density at radius 2 is 1.44 bits per heavy atom. The van der Waals surface area contributed by atoms with Crippen LogP contribution in [0, 0.1) is 5.92 Å². The lowest BCUT2D eigenvalue weighted by Crippen LogP contribution is -2.13. The molecule has 0 saturated heterocycles. The van der Waals surface area contributed by atoms with Crippen molar-refractivity contribution in [3.05, 3.63) is 59.7 Å². The summed E-state index contributed by atoms with van der Waals surface area (Å²) in [4.78, 5) is 0. The van der Waals surface area contributed by atoms with Crippen LogP contribution in [-0.2, 0) is 0 Å². The van der Waals surface area contributed by atoms with Gasteiger partial charge in [-0.15, -0.1) is 0 Å². The van der Waals surface area contributed by atoms with Crippen molar-refractivity contribution >= 4 is 0 Å². The number of hydrogen-bond acceptors (Lipinski definition) is 1. The molecule has 1 unspecified atom stereocenters. The Labute approximate surface area is 109 Å². The maximum atomic E-state index is 5.74. The van der Waals surface area contributed by atoms with Gasteiger partial charge >= 0.3 is 0 Å². The fraction of sp³-hybridized carbons (Fsp3) is 0.294. The average Bonchev–Trinajstić information content (AvgIpc) is 2.73. The van der Waals surface area contributed by atoms with E-state index in [1.54, 1.807) is 0 Å². The SMILES string of the molecule is CC(CCN)C1c2ccccc2-c2ccccc21. The van der Waals surface area contributed by atoms with Crippen LogP contribution in [0.4, 0.5) is 0 Å². The highest BCUT2D eigenvalue weighted by molar-refractivity contribution is 5.78. The number of nitrogens with two attached hydrogens (primary N) is 1. The molecule has 2 N–H and O–H groups in total. The van der Waals surface area contributed by atoms with Gasteiger partial charge in [0, 0.05) is 5.92 Å². The molecule has 1 nitrogen and oxygen atoms in total. The molecular formula is C17H19N. The number of fused-ring (bicyclic) bond motifs is 3. The quantitative estimate of drug-likeness (QED) is 0.863. The molecule has 2 aromatic carbocycles. The molecule has 0 amide bonds. The zero-order valence-corrected chi connectivity index (χ0v) is 10.8. The predicted octanol–water partition coefficient (Wildman–Crippen LogP) is 3.78. The Bertz CT molecular complexity index is 514. The Hall–Kier alpha value is -1.60. The second-order valence-corrected chi connectivity index (χ2v) is 5.21. The first kappa shape index (κ1) is 11.5. The zero-order valence-electron chi connectivity index (χ0n) is 10.8. The Kier molecular flexibility index (Phi) is 2.92. The fourth-order valence-electron chi connectivity index (χ4n) is 3.24. The molecule has 0 aliphatic heterocycles. The van der Waals surface area contributed by atoms with Crippen molar-refractivity contribution < 1.29 is 0 Å². The minimum atomic E-state index is 0.515. The monoisotopic (exact) mass is 237 g/mol. The Balaban J connectivity index is 2.14. The van der Waals surface area contributed by atoms with E-state index < -0.39 is 0 Å². The van der Waals surface area contributed by atoms with Gasteiger partial charge in [-0.2, -0.15) is 0 Å². The van der Waals surface area contributed by atoms with Crippen LogP contribution >= 0.6 is 0 Å². The molecule has 3 rings (SSSR count). The van der Waals surface area contributed by atoms with Crippen molar-refractivity contribution in [2.45, 2.75) is 19.3 Å². The smallest absolute Gasteiger partial charge is 0.0128 e. The zero-order chi connectivity index (χ0) is 12.5. The van der Waals surface area contributed by atoms with Gasteiger partial charge in [-0.25, -0.2) is 0 Å². The van der Waals surface area contributed by atoms with E-state index >= 15 is 0 Å². The molecular weight excluding hydrogens is 218 g/mol. The van der Waals surface area contributed by atoms with Crippen LogP contribution in [0.2, 0.25) is 0 Å². The van der Waals surface area contributed by atoms with Crippen LogP contribution in [0.15, 0.2) is 48.5 Å². The summed E-state index contributed by atoms with van der Waals surface area (Å²) in [5.74, 6) is 1.11. The molecule has 1 aliphatic carbocycles. The minimum absolute atomic E-state index is 0.515. The molecule has 1 aliphatic rings. The highest BCUT2D eigenvalue weighted by Crippen LogP contribution is 2.48. The van der Waals surface area contributed by atoms with E-state index in [0.717, 1.165) is 13.0 Å². The fourth-order valence-corrected chi connectivity index (χ4v) is 3.24. The van der Waals surface area contributed by atoms with Crippen LogP contribution < -0.4 is 5.73 Å². The Morgan fingerprint density at radius 3 is 1.94 bits per heavy atom. The third-order valence-corrected chi connectivity index (χ3v) is 4.07. The normalized spacial score (nSPS) is 15.2. The molecule has 18 heavy (non-hydrogen) atoms. The van der Waals surface area contributed by atoms with E-state index in [1.165, 1.54) is 22.3 Å². The highest BCUT2D eigenvalue weighted by Gasteiger charge is 2.31. The summed E-state index contributed by atoms with van der Waals surface area (Å²) in [6, 6.07) is 17.6. The van der Waals surface area contributed by atoms with Gasteiger partial charge in [-0.3, -0.25) is 0 Å². The van der Waals surface area contributed by atoms with Crippen molar-refractivity contribution in [3.63, 3.8) is 0 Å². The summed E-state index contributed by atoms with van der Waals surface area (Å²) in [5, 5.41) is 0. The maximum absolute atomic E-state index is 5.74. The first-order chi connectivity index (χ1) is 8.83. The van der Waals surface area contributed by atoms with Gasteiger partial charge in [-0.1, -0.05) is 55.5 Å². The molecule has 0 bridgehead atoms. The van der Waals surface area contributed by atoms with Crippen molar-refractivity contribution in [3.8, 4) is 11.1 Å². The lowest BCUT2D eigenvalue weighted by Gasteiger charge is -2.21. The lowest BCUT2D eigenvalue weighted by molar-refractivity contribution is 0.487. The van der Waals surface area contributed by atoms with E-state index in [2.05, 4.69) is 55.5 Å². The van der Waals surface area contributed by atoms with Gasteiger partial charge in [0.25, 0.3) is 0 Å². The third-order valence-electron chi connectivity index (χ3n) is 4.07. The van der Waals surface area contributed by atoms with Crippen molar-refractivity contribution in [2.24, 2.45) is 11.7 Å². The highest BCUT2D eigenvalue weighted by atomic mass is 14.5. The van der Waals surface area contributed by atoms with E-state index in [1.807, 2.05) is 0 Å². The van der Waals surface area contributed by atoms with Gasteiger partial charge < -0.3 is 5.73 Å². The van der Waals surface area contributed by atoms with E-state index in [4.69, 9.17) is 5.73 Å². The summed E-state index contributed by atoms with van der Waals surface area (Å²) in [6.07, 6.45) is 1.08. The predicted molar refractivity (Wildman–Crippen MR) is 76.6 cm³/mol. The molecule has 0 saturated carbocycles. The minimum Gasteiger partial charge on any atom is -0.330 e. The third kappa shape index (κ3) is 1.67. The summed E-state index contributed by atoms with van der Waals surface area (Å²) in [6.45, 7) is 3.08. The maximum Gasteiger partial charge on any atom is 0.0128 e. The standard InChI is InChI=1S/C17H19N/c1-12(10-11-18)17-15-8-4-2-6-13(15)14-7-3-5-9-16(14)17/h2-9,12,17H,10-11,18H2,1H3. The van der Waals surface area contributed by atoms with Crippen molar-refractivity contribution in [2.75, 3.05) is 6.54 Å². The van der Waals surface area contributed by atoms with Gasteiger partial charge in [0.05, 0.1) is 0 Å². The first-order valence-electron chi connectivity index (χ1n) is 6.71. The topological polar surface area (TPSA) is 26.0 Å². The molecule has 0 radical (unpaired) electrons. The molecule has 1 atom stereocenters. The van der Waals surface area contributed by atoms with Gasteiger partial charge in [0.1, 0.15) is 0 Å². The van der Waals surface area contributed by atoms with Crippen LogP contribution in [0.1, 0.15) is 30.4 Å². The van der Waals surface area contributed by atoms with Gasteiger partial charge in [-0.05, 0) is 41.1 Å². The van der Waals surface area contributed by atoms with E-state index in [-0.39, 0.29) is 0 Å². The number of rotatable bonds is 3. The van der Waals surface area contributed by atoms with Crippen LogP contribution in [0.3, 0.4) is 0 Å². The second kappa shape index (κ2) is 4.58. The molecule has 92 valence electrons. The first-order valence-corrected chi connectivity index (χ1v) is 6.71. The summed E-state index contributed by atoms with van der Waals surface area (Å²) < 4.78 is 0. The lowest BCUT2D eigenvalue weighted by atomic mass is 9.83. The summed E-state index contributed by atoms with van der Waals surface area (Å²) >= 11 is 0. The van der Waals surface area contributed by atoms with Gasteiger partial charge in [0.2, 0.25) is 0 Å². The molecule has 0 heterocycles. The largest absolute Gasteiger partial charge is 0.330 e. The number of benzene rings is 2. The van der Waals surface area contributed by atoms with Crippen molar-refractivity contribution in [1.29, 1.82) is 0 Å². The molecule has 1 heteroatoms. The average molecular weight is 237 g/mol. The Morgan fingerprint density at radius 1 is 0.944 bits per heavy atom. The van der Waals surface area contributed by atoms with E-state index in [0.29, 0.717) is 11.8 Å². The summed E-state index contributed by atoms with van der Waals surface area (Å²) in [7, 11) is 0. The van der Waals surface area contributed by atoms with E-state index in [9.17, 15) is 0 Å². The second-order valence-electron chi connectivity index (χ2n) is 5.21. The van der Waals surface area contributed by atoms with Crippen LogP contribution in [0.5, 0.6) is 0 Å². The molecule has 0 spiro atoms. The molecule has 0 aromatic heterocycles. The van der Waals surface area contributed by atoms with Crippen LogP contribution in [-0.4, -0.2) is 6.54 Å².